The van der Waals surface area contributed by atoms with Crippen molar-refractivity contribution in [2.45, 2.75) is 51.5 Å². The van der Waals surface area contributed by atoms with E-state index in [-0.39, 0.29) is 11.4 Å². The van der Waals surface area contributed by atoms with E-state index in [0.29, 0.717) is 5.41 Å². The molecule has 1 heterocycles. The Labute approximate surface area is 85.4 Å². The summed E-state index contributed by atoms with van der Waals surface area (Å²) in [5.74, 6) is 1.96. The quantitative estimate of drug-likeness (QED) is 0.715. The molecule has 2 nitrogen and oxygen atoms in total. The highest BCUT2D eigenvalue weighted by Crippen LogP contribution is 2.66. The van der Waals surface area contributed by atoms with E-state index in [2.05, 4.69) is 19.2 Å². The second kappa shape index (κ2) is 2.34. The van der Waals surface area contributed by atoms with Gasteiger partial charge >= 0.3 is 0 Å². The summed E-state index contributed by atoms with van der Waals surface area (Å²) in [4.78, 5) is 11.6. The normalized spacial score (nSPS) is 34.3. The Morgan fingerprint density at radius 1 is 1.14 bits per heavy atom. The minimum absolute atomic E-state index is 0.0480. The Morgan fingerprint density at radius 3 is 1.93 bits per heavy atom. The van der Waals surface area contributed by atoms with Crippen LogP contribution < -0.4 is 5.32 Å². The van der Waals surface area contributed by atoms with Crippen LogP contribution in [0.1, 0.15) is 46.0 Å². The van der Waals surface area contributed by atoms with E-state index in [1.807, 2.05) is 0 Å². The Kier molecular flexibility index (Phi) is 1.46. The minimum Gasteiger partial charge on any atom is -0.351 e. The van der Waals surface area contributed by atoms with Gasteiger partial charge in [-0.2, -0.15) is 0 Å². The number of hydrogen-bond acceptors (Lipinski definition) is 1. The minimum atomic E-state index is 0.0480. The van der Waals surface area contributed by atoms with Crippen LogP contribution in [0.5, 0.6) is 0 Å². The molecule has 0 spiro atoms. The van der Waals surface area contributed by atoms with Crippen LogP contribution >= 0.6 is 0 Å². The van der Waals surface area contributed by atoms with E-state index < -0.39 is 0 Å². The third kappa shape index (κ3) is 0.945. The average Bonchev–Trinajstić information content (AvgIpc) is 2.94. The molecule has 0 bridgehead atoms. The number of amides is 1. The lowest BCUT2D eigenvalue weighted by molar-refractivity contribution is -0.120. The van der Waals surface area contributed by atoms with Gasteiger partial charge in [0.2, 0.25) is 5.91 Å². The maximum Gasteiger partial charge on any atom is 0.221 e. The van der Waals surface area contributed by atoms with Gasteiger partial charge in [-0.05, 0) is 51.4 Å². The smallest absolute Gasteiger partial charge is 0.221 e. The van der Waals surface area contributed by atoms with E-state index in [9.17, 15) is 4.79 Å². The fourth-order valence-electron chi connectivity index (χ4n) is 3.84. The molecule has 1 saturated heterocycles. The van der Waals surface area contributed by atoms with Crippen molar-refractivity contribution < 1.29 is 4.79 Å². The maximum absolute atomic E-state index is 11.6. The van der Waals surface area contributed by atoms with Crippen molar-refractivity contribution in [3.05, 3.63) is 0 Å². The summed E-state index contributed by atoms with van der Waals surface area (Å²) in [5.41, 5.74) is 0.372. The lowest BCUT2D eigenvalue weighted by Gasteiger charge is -2.41. The van der Waals surface area contributed by atoms with Gasteiger partial charge in [-0.1, -0.05) is 0 Å². The highest BCUT2D eigenvalue weighted by atomic mass is 16.2. The van der Waals surface area contributed by atoms with E-state index in [4.69, 9.17) is 0 Å². The molecule has 1 N–H and O–H groups in total. The molecular formula is C12H19NO. The van der Waals surface area contributed by atoms with Crippen LogP contribution in [0.3, 0.4) is 0 Å². The van der Waals surface area contributed by atoms with Crippen LogP contribution in [-0.4, -0.2) is 11.4 Å². The van der Waals surface area contributed by atoms with Gasteiger partial charge in [-0.25, -0.2) is 0 Å². The van der Waals surface area contributed by atoms with Crippen molar-refractivity contribution in [3.63, 3.8) is 0 Å². The maximum atomic E-state index is 11.6. The summed E-state index contributed by atoms with van der Waals surface area (Å²) in [7, 11) is 0. The van der Waals surface area contributed by atoms with Crippen LogP contribution in [0, 0.1) is 17.3 Å². The standard InChI is InChI=1S/C12H19NO/c1-11(2)12(8-3-4-8,9-5-6-9)7-10(14)13-11/h8-9H,3-7H2,1-2H3,(H,13,14). The molecular weight excluding hydrogens is 174 g/mol. The summed E-state index contributed by atoms with van der Waals surface area (Å²) in [5, 5.41) is 3.19. The molecule has 0 aromatic rings. The topological polar surface area (TPSA) is 29.1 Å². The summed E-state index contributed by atoms with van der Waals surface area (Å²) in [6.45, 7) is 4.46. The van der Waals surface area contributed by atoms with Gasteiger partial charge < -0.3 is 5.32 Å². The third-order valence-corrected chi connectivity index (χ3v) is 4.68. The van der Waals surface area contributed by atoms with Gasteiger partial charge in [0.05, 0.1) is 0 Å². The molecule has 0 radical (unpaired) electrons. The first kappa shape index (κ1) is 8.75. The number of carbonyl (C=O) groups is 1. The van der Waals surface area contributed by atoms with Crippen LogP contribution in [0.25, 0.3) is 0 Å². The summed E-state index contributed by atoms with van der Waals surface area (Å²) in [6.07, 6.45) is 6.23. The Bertz CT molecular complexity index is 275. The van der Waals surface area contributed by atoms with Crippen LogP contribution in [0.15, 0.2) is 0 Å². The van der Waals surface area contributed by atoms with Crippen molar-refractivity contribution in [3.8, 4) is 0 Å². The SMILES string of the molecule is CC1(C)NC(=O)CC1(C1CC1)C1CC1. The second-order valence-electron chi connectivity index (χ2n) is 5.94. The fourth-order valence-corrected chi connectivity index (χ4v) is 3.84. The monoisotopic (exact) mass is 193 g/mol. The van der Waals surface area contributed by atoms with Crippen LogP contribution in [0.4, 0.5) is 0 Å². The van der Waals surface area contributed by atoms with Gasteiger partial charge in [0.15, 0.2) is 0 Å². The van der Waals surface area contributed by atoms with Gasteiger partial charge in [0.1, 0.15) is 0 Å². The molecule has 14 heavy (non-hydrogen) atoms. The van der Waals surface area contributed by atoms with Crippen molar-refractivity contribution in [2.24, 2.45) is 17.3 Å². The molecule has 3 aliphatic rings. The van der Waals surface area contributed by atoms with E-state index in [1.54, 1.807) is 0 Å². The lowest BCUT2D eigenvalue weighted by atomic mass is 9.65. The molecule has 3 fully saturated rings. The molecule has 2 heteroatoms. The zero-order chi connectivity index (χ0) is 9.97. The van der Waals surface area contributed by atoms with Crippen LogP contribution in [-0.2, 0) is 4.79 Å². The number of hydrogen-bond donors (Lipinski definition) is 1. The summed E-state index contributed by atoms with van der Waals surface area (Å²) in [6, 6.07) is 0. The summed E-state index contributed by atoms with van der Waals surface area (Å²) < 4.78 is 0. The number of carbonyl (C=O) groups excluding carboxylic acids is 1. The first-order valence-electron chi connectivity index (χ1n) is 5.87. The molecule has 3 rings (SSSR count). The van der Waals surface area contributed by atoms with Gasteiger partial charge in [0.25, 0.3) is 0 Å². The predicted molar refractivity (Wildman–Crippen MR) is 54.7 cm³/mol. The third-order valence-electron chi connectivity index (χ3n) is 4.68. The lowest BCUT2D eigenvalue weighted by Crippen LogP contribution is -2.49. The van der Waals surface area contributed by atoms with E-state index in [1.165, 1.54) is 25.7 Å². The zero-order valence-electron chi connectivity index (χ0n) is 9.10. The second-order valence-corrected chi connectivity index (χ2v) is 5.94. The van der Waals surface area contributed by atoms with Gasteiger partial charge in [-0.15, -0.1) is 0 Å². The molecule has 78 valence electrons. The predicted octanol–water partition coefficient (Wildman–Crippen LogP) is 2.09. The highest BCUT2D eigenvalue weighted by molar-refractivity contribution is 5.81. The van der Waals surface area contributed by atoms with Gasteiger partial charge in [0, 0.05) is 17.4 Å². The fraction of sp³-hybridized carbons (Fsp3) is 0.917. The zero-order valence-corrected chi connectivity index (χ0v) is 9.10. The Balaban J connectivity index is 2.00. The van der Waals surface area contributed by atoms with Crippen molar-refractivity contribution in [1.82, 2.24) is 5.32 Å². The summed E-state index contributed by atoms with van der Waals surface area (Å²) >= 11 is 0. The molecule has 0 aromatic heterocycles. The molecule has 0 unspecified atom stereocenters. The van der Waals surface area contributed by atoms with E-state index in [0.717, 1.165) is 18.3 Å². The molecule has 0 aromatic carbocycles. The Hall–Kier alpha value is -0.530. The van der Waals surface area contributed by atoms with Crippen molar-refractivity contribution >= 4 is 5.91 Å². The number of rotatable bonds is 2. The first-order valence-corrected chi connectivity index (χ1v) is 5.87. The Morgan fingerprint density at radius 2 is 1.64 bits per heavy atom. The first-order chi connectivity index (χ1) is 6.56. The molecule has 1 aliphatic heterocycles. The van der Waals surface area contributed by atoms with E-state index >= 15 is 0 Å². The largest absolute Gasteiger partial charge is 0.351 e. The van der Waals surface area contributed by atoms with Gasteiger partial charge in [-0.3, -0.25) is 4.79 Å². The van der Waals surface area contributed by atoms with Crippen molar-refractivity contribution in [1.29, 1.82) is 0 Å². The molecule has 0 atom stereocenters. The molecule has 1 amide bonds. The average molecular weight is 193 g/mol. The molecule has 2 aliphatic carbocycles. The molecule has 2 saturated carbocycles. The van der Waals surface area contributed by atoms with Crippen molar-refractivity contribution in [2.75, 3.05) is 0 Å². The number of nitrogens with one attached hydrogen (secondary N) is 1. The highest BCUT2D eigenvalue weighted by Gasteiger charge is 2.65. The van der Waals surface area contributed by atoms with Crippen LogP contribution in [0.2, 0.25) is 0 Å².